The summed E-state index contributed by atoms with van der Waals surface area (Å²) in [5.41, 5.74) is 0.892. The second kappa shape index (κ2) is 5.70. The van der Waals surface area contributed by atoms with Crippen molar-refractivity contribution in [1.82, 2.24) is 10.2 Å². The number of carbonyl (C=O) groups is 2. The van der Waals surface area contributed by atoms with Gasteiger partial charge in [-0.15, -0.1) is 0 Å². The van der Waals surface area contributed by atoms with Crippen molar-refractivity contribution >= 4 is 12.0 Å². The second-order valence-corrected chi connectivity index (χ2v) is 4.74. The van der Waals surface area contributed by atoms with Crippen molar-refractivity contribution in [2.24, 2.45) is 5.92 Å². The van der Waals surface area contributed by atoms with Gasteiger partial charge in [-0.3, -0.25) is 4.79 Å². The molecule has 1 aliphatic rings. The fourth-order valence-electron chi connectivity index (χ4n) is 2.17. The van der Waals surface area contributed by atoms with Crippen molar-refractivity contribution in [3.8, 4) is 0 Å². The highest BCUT2D eigenvalue weighted by atomic mass is 16.4. The molecule has 0 spiro atoms. The van der Waals surface area contributed by atoms with Crippen LogP contribution in [-0.2, 0) is 4.79 Å². The van der Waals surface area contributed by atoms with Crippen LogP contribution in [0.25, 0.3) is 0 Å². The largest absolute Gasteiger partial charge is 0.481 e. The smallest absolute Gasteiger partial charge is 0.317 e. The number of hydrogen-bond donors (Lipinski definition) is 2. The number of carboxylic acid groups (broad SMARTS) is 1. The molecule has 0 aromatic carbocycles. The maximum absolute atomic E-state index is 11.8. The van der Waals surface area contributed by atoms with E-state index in [4.69, 9.17) is 5.11 Å². The zero-order valence-electron chi connectivity index (χ0n) is 10.4. The molecule has 0 aromatic heterocycles. The van der Waals surface area contributed by atoms with E-state index < -0.39 is 11.9 Å². The van der Waals surface area contributed by atoms with Gasteiger partial charge in [0, 0.05) is 19.6 Å². The number of amides is 2. The third-order valence-corrected chi connectivity index (χ3v) is 3.00. The van der Waals surface area contributed by atoms with Crippen LogP contribution >= 0.6 is 0 Å². The lowest BCUT2D eigenvalue weighted by atomic mass is 10.0. The first kappa shape index (κ1) is 13.5. The van der Waals surface area contributed by atoms with E-state index in [2.05, 4.69) is 11.9 Å². The molecule has 0 radical (unpaired) electrons. The van der Waals surface area contributed by atoms with Crippen molar-refractivity contribution < 1.29 is 14.7 Å². The van der Waals surface area contributed by atoms with Crippen molar-refractivity contribution in [2.75, 3.05) is 13.6 Å². The Morgan fingerprint density at radius 1 is 1.47 bits per heavy atom. The van der Waals surface area contributed by atoms with E-state index in [1.807, 2.05) is 6.92 Å². The predicted molar refractivity (Wildman–Crippen MR) is 64.7 cm³/mol. The molecule has 96 valence electrons. The number of nitrogens with zero attached hydrogens (tertiary/aromatic N) is 1. The van der Waals surface area contributed by atoms with Gasteiger partial charge in [0.15, 0.2) is 0 Å². The Labute approximate surface area is 101 Å². The number of rotatable bonds is 4. The van der Waals surface area contributed by atoms with Gasteiger partial charge in [-0.25, -0.2) is 4.79 Å². The molecule has 0 heterocycles. The first-order chi connectivity index (χ1) is 7.91. The molecule has 2 unspecified atom stereocenters. The monoisotopic (exact) mass is 240 g/mol. The number of aliphatic carboxylic acids is 1. The zero-order valence-corrected chi connectivity index (χ0v) is 10.4. The molecule has 5 nitrogen and oxygen atoms in total. The summed E-state index contributed by atoms with van der Waals surface area (Å²) >= 11 is 0. The van der Waals surface area contributed by atoms with E-state index in [1.54, 1.807) is 7.05 Å². The maximum atomic E-state index is 11.8. The molecule has 2 atom stereocenters. The minimum absolute atomic E-state index is 0.230. The van der Waals surface area contributed by atoms with Gasteiger partial charge < -0.3 is 15.3 Å². The van der Waals surface area contributed by atoms with Crippen LogP contribution in [-0.4, -0.2) is 41.6 Å². The Morgan fingerprint density at radius 2 is 2.12 bits per heavy atom. The van der Waals surface area contributed by atoms with Crippen LogP contribution in [0, 0.1) is 5.92 Å². The van der Waals surface area contributed by atoms with E-state index >= 15 is 0 Å². The highest BCUT2D eigenvalue weighted by Gasteiger charge is 2.34. The molecule has 0 aromatic rings. The average molecular weight is 240 g/mol. The van der Waals surface area contributed by atoms with E-state index in [1.165, 1.54) is 4.90 Å². The first-order valence-electron chi connectivity index (χ1n) is 5.80. The molecule has 0 aliphatic heterocycles. The summed E-state index contributed by atoms with van der Waals surface area (Å²) < 4.78 is 0. The van der Waals surface area contributed by atoms with Crippen molar-refractivity contribution in [3.63, 3.8) is 0 Å². The molecule has 0 saturated heterocycles. The van der Waals surface area contributed by atoms with Gasteiger partial charge in [0.25, 0.3) is 0 Å². The fraction of sp³-hybridized carbons (Fsp3) is 0.667. The Balaban J connectivity index is 2.50. The van der Waals surface area contributed by atoms with Crippen LogP contribution < -0.4 is 5.32 Å². The number of carbonyl (C=O) groups excluding carboxylic acids is 1. The molecule has 2 N–H and O–H groups in total. The van der Waals surface area contributed by atoms with Crippen LogP contribution in [0.1, 0.15) is 26.2 Å². The second-order valence-electron chi connectivity index (χ2n) is 4.74. The Kier molecular flexibility index (Phi) is 4.54. The number of carboxylic acids is 1. The normalized spacial score (nSPS) is 23.2. The molecule has 2 amide bonds. The third kappa shape index (κ3) is 3.76. The number of nitrogens with one attached hydrogen (secondary N) is 1. The topological polar surface area (TPSA) is 69.6 Å². The summed E-state index contributed by atoms with van der Waals surface area (Å²) in [6.45, 7) is 6.07. The predicted octanol–water partition coefficient (Wildman–Crippen LogP) is 1.46. The number of likely N-dealkylation sites (N-methyl/N-ethyl adjacent to an activating group) is 1. The van der Waals surface area contributed by atoms with Crippen LogP contribution in [0.4, 0.5) is 4.79 Å². The lowest BCUT2D eigenvalue weighted by Gasteiger charge is -2.23. The van der Waals surface area contributed by atoms with Gasteiger partial charge in [-0.2, -0.15) is 0 Å². The highest BCUT2D eigenvalue weighted by molar-refractivity contribution is 5.77. The zero-order chi connectivity index (χ0) is 13.0. The Morgan fingerprint density at radius 3 is 2.65 bits per heavy atom. The summed E-state index contributed by atoms with van der Waals surface area (Å²) in [6, 6.07) is -0.473. The SMILES string of the molecule is C=C(C)CN(C)C(=O)NC1CCCC1C(=O)O. The molecule has 1 aliphatic carbocycles. The molecule has 1 saturated carbocycles. The standard InChI is InChI=1S/C12H20N2O3/c1-8(2)7-14(3)12(17)13-10-6-4-5-9(10)11(15)16/h9-10H,1,4-7H2,2-3H3,(H,13,17)(H,15,16). The summed E-state index contributed by atoms with van der Waals surface area (Å²) in [4.78, 5) is 24.3. The molecule has 0 bridgehead atoms. The summed E-state index contributed by atoms with van der Waals surface area (Å²) in [5.74, 6) is -1.27. The molecule has 17 heavy (non-hydrogen) atoms. The van der Waals surface area contributed by atoms with Gasteiger partial charge in [0.2, 0.25) is 0 Å². The molecule has 1 fully saturated rings. The van der Waals surface area contributed by atoms with Gasteiger partial charge in [0.1, 0.15) is 0 Å². The van der Waals surface area contributed by atoms with Gasteiger partial charge in [0.05, 0.1) is 5.92 Å². The first-order valence-corrected chi connectivity index (χ1v) is 5.80. The minimum atomic E-state index is -0.824. The van der Waals surface area contributed by atoms with E-state index in [9.17, 15) is 9.59 Å². The summed E-state index contributed by atoms with van der Waals surface area (Å²) in [7, 11) is 1.68. The quantitative estimate of drug-likeness (QED) is 0.731. The summed E-state index contributed by atoms with van der Waals surface area (Å²) in [6.07, 6.45) is 2.24. The van der Waals surface area contributed by atoms with Gasteiger partial charge in [-0.1, -0.05) is 18.6 Å². The van der Waals surface area contributed by atoms with Crippen molar-refractivity contribution in [3.05, 3.63) is 12.2 Å². The molecular weight excluding hydrogens is 220 g/mol. The number of urea groups is 1. The van der Waals surface area contributed by atoms with E-state index in [0.717, 1.165) is 18.4 Å². The lowest BCUT2D eigenvalue weighted by molar-refractivity contribution is -0.142. The number of hydrogen-bond acceptors (Lipinski definition) is 2. The minimum Gasteiger partial charge on any atom is -0.481 e. The maximum Gasteiger partial charge on any atom is 0.317 e. The molecule has 5 heteroatoms. The highest BCUT2D eigenvalue weighted by Crippen LogP contribution is 2.25. The van der Waals surface area contributed by atoms with E-state index in [0.29, 0.717) is 13.0 Å². The molecular formula is C12H20N2O3. The lowest BCUT2D eigenvalue weighted by Crippen LogP contribution is -2.46. The average Bonchev–Trinajstić information content (AvgIpc) is 2.64. The van der Waals surface area contributed by atoms with Crippen molar-refractivity contribution in [1.29, 1.82) is 0 Å². The third-order valence-electron chi connectivity index (χ3n) is 3.00. The summed E-state index contributed by atoms with van der Waals surface area (Å²) in [5, 5.41) is 11.8. The Bertz CT molecular complexity index is 328. The van der Waals surface area contributed by atoms with Crippen LogP contribution in [0.5, 0.6) is 0 Å². The fourth-order valence-corrected chi connectivity index (χ4v) is 2.17. The van der Waals surface area contributed by atoms with E-state index in [-0.39, 0.29) is 12.1 Å². The molecule has 1 rings (SSSR count). The van der Waals surface area contributed by atoms with Gasteiger partial charge in [-0.05, 0) is 19.8 Å². The van der Waals surface area contributed by atoms with Crippen LogP contribution in [0.15, 0.2) is 12.2 Å². The van der Waals surface area contributed by atoms with Gasteiger partial charge >= 0.3 is 12.0 Å². The Hall–Kier alpha value is -1.52. The van der Waals surface area contributed by atoms with Crippen LogP contribution in [0.3, 0.4) is 0 Å². The van der Waals surface area contributed by atoms with Crippen molar-refractivity contribution in [2.45, 2.75) is 32.2 Å². The van der Waals surface area contributed by atoms with Crippen LogP contribution in [0.2, 0.25) is 0 Å².